The summed E-state index contributed by atoms with van der Waals surface area (Å²) in [6.45, 7) is 2.15. The Labute approximate surface area is 153 Å². The Morgan fingerprint density at radius 2 is 2.08 bits per heavy atom. The maximum Gasteiger partial charge on any atom is 0.280 e. The van der Waals surface area contributed by atoms with E-state index in [1.807, 2.05) is 6.07 Å². The lowest BCUT2D eigenvalue weighted by Gasteiger charge is -2.27. The summed E-state index contributed by atoms with van der Waals surface area (Å²) in [6.07, 6.45) is 1.07. The van der Waals surface area contributed by atoms with Crippen LogP contribution in [0.1, 0.15) is 46.3 Å². The van der Waals surface area contributed by atoms with Gasteiger partial charge in [0.15, 0.2) is 5.78 Å². The number of nitrogens with zero attached hydrogens (tertiary/aromatic N) is 1. The van der Waals surface area contributed by atoms with Crippen molar-refractivity contribution in [3.8, 4) is 5.75 Å². The minimum Gasteiger partial charge on any atom is -0.455 e. The van der Waals surface area contributed by atoms with Crippen molar-refractivity contribution in [2.45, 2.75) is 29.9 Å². The Hall–Kier alpha value is -2.44. The van der Waals surface area contributed by atoms with Crippen LogP contribution in [0.2, 0.25) is 0 Å². The molecule has 2 aliphatic carbocycles. The van der Waals surface area contributed by atoms with Gasteiger partial charge in [0.1, 0.15) is 11.3 Å². The van der Waals surface area contributed by atoms with Gasteiger partial charge in [-0.15, -0.1) is 0 Å². The average molecular weight is 372 g/mol. The van der Waals surface area contributed by atoms with Crippen LogP contribution in [0.3, 0.4) is 0 Å². The molecule has 0 spiro atoms. The quantitative estimate of drug-likeness (QED) is 0.495. The fourth-order valence-electron chi connectivity index (χ4n) is 4.26. The molecule has 132 valence electrons. The SMILES string of the molecule is CC1CC1c1ccc2c(c1)OC1(O)c3c(cccc3[N+](=O)[O-])C(=O)C21Cl. The van der Waals surface area contributed by atoms with Crippen LogP contribution >= 0.6 is 11.6 Å². The zero-order valence-corrected chi connectivity index (χ0v) is 14.5. The fourth-order valence-corrected chi connectivity index (χ4v) is 4.65. The standard InChI is InChI=1S/C19H14ClNO5/c1-9-7-12(9)10-5-6-13-15(8-10)26-19(23)16-11(17(22)18(13,19)20)3-2-4-14(16)21(24)25/h2-6,8-9,12,23H,7H2,1H3. The second kappa shape index (κ2) is 4.64. The molecule has 26 heavy (non-hydrogen) atoms. The van der Waals surface area contributed by atoms with Crippen LogP contribution in [0.25, 0.3) is 0 Å². The van der Waals surface area contributed by atoms with Gasteiger partial charge in [-0.3, -0.25) is 14.9 Å². The van der Waals surface area contributed by atoms with Gasteiger partial charge in [0.2, 0.25) is 4.87 Å². The maximum absolute atomic E-state index is 13.0. The molecule has 0 amide bonds. The zero-order chi connectivity index (χ0) is 18.4. The Bertz CT molecular complexity index is 1020. The van der Waals surface area contributed by atoms with Crippen molar-refractivity contribution in [1.82, 2.24) is 0 Å². The highest BCUT2D eigenvalue weighted by Crippen LogP contribution is 2.63. The van der Waals surface area contributed by atoms with Crippen molar-refractivity contribution in [3.05, 3.63) is 68.8 Å². The molecule has 2 aromatic rings. The minimum absolute atomic E-state index is 0.0160. The van der Waals surface area contributed by atoms with Crippen molar-refractivity contribution in [1.29, 1.82) is 0 Å². The number of carbonyl (C=O) groups excluding carboxylic acids is 1. The molecule has 0 saturated heterocycles. The Morgan fingerprint density at radius 1 is 1.35 bits per heavy atom. The van der Waals surface area contributed by atoms with Crippen molar-refractivity contribution in [2.24, 2.45) is 5.92 Å². The lowest BCUT2D eigenvalue weighted by molar-refractivity contribution is -0.387. The van der Waals surface area contributed by atoms with Gasteiger partial charge < -0.3 is 9.84 Å². The molecule has 6 nitrogen and oxygen atoms in total. The highest BCUT2D eigenvalue weighted by molar-refractivity contribution is 6.41. The number of carbonyl (C=O) groups is 1. The zero-order valence-electron chi connectivity index (χ0n) is 13.7. The smallest absolute Gasteiger partial charge is 0.280 e. The maximum atomic E-state index is 13.0. The molecule has 1 heterocycles. The number of ether oxygens (including phenoxy) is 1. The highest BCUT2D eigenvalue weighted by Gasteiger charge is 2.72. The topological polar surface area (TPSA) is 89.7 Å². The molecule has 2 aromatic carbocycles. The lowest BCUT2D eigenvalue weighted by Crippen LogP contribution is -2.44. The summed E-state index contributed by atoms with van der Waals surface area (Å²) in [4.78, 5) is 21.9. The molecule has 5 rings (SSSR count). The van der Waals surface area contributed by atoms with Crippen LogP contribution in [0, 0.1) is 16.0 Å². The summed E-state index contributed by atoms with van der Waals surface area (Å²) in [6, 6.07) is 9.42. The van der Waals surface area contributed by atoms with E-state index in [1.54, 1.807) is 12.1 Å². The Balaban J connectivity index is 1.73. The third-order valence-corrected chi connectivity index (χ3v) is 6.41. The Morgan fingerprint density at radius 3 is 2.73 bits per heavy atom. The first-order valence-corrected chi connectivity index (χ1v) is 8.74. The third-order valence-electron chi connectivity index (χ3n) is 5.77. The molecule has 7 heteroatoms. The van der Waals surface area contributed by atoms with Gasteiger partial charge in [0.25, 0.3) is 11.5 Å². The molecule has 4 unspecified atom stereocenters. The van der Waals surface area contributed by atoms with E-state index in [0.717, 1.165) is 12.0 Å². The van der Waals surface area contributed by atoms with Crippen LogP contribution < -0.4 is 4.74 Å². The summed E-state index contributed by atoms with van der Waals surface area (Å²) >= 11 is 6.66. The molecule has 1 fully saturated rings. The van der Waals surface area contributed by atoms with Crippen molar-refractivity contribution < 1.29 is 19.6 Å². The van der Waals surface area contributed by atoms with Crippen molar-refractivity contribution in [2.75, 3.05) is 0 Å². The van der Waals surface area contributed by atoms with Crippen LogP contribution in [0.5, 0.6) is 5.75 Å². The van der Waals surface area contributed by atoms with Gasteiger partial charge in [0.05, 0.1) is 4.92 Å². The van der Waals surface area contributed by atoms with Gasteiger partial charge in [-0.05, 0) is 29.9 Å². The second-order valence-electron chi connectivity index (χ2n) is 7.27. The molecule has 0 aromatic heterocycles. The number of alkyl halides is 1. The molecule has 1 aliphatic heterocycles. The molecular weight excluding hydrogens is 358 g/mol. The summed E-state index contributed by atoms with van der Waals surface area (Å²) in [5.74, 6) is -1.60. The van der Waals surface area contributed by atoms with Gasteiger partial charge in [0, 0.05) is 17.2 Å². The van der Waals surface area contributed by atoms with E-state index in [4.69, 9.17) is 16.3 Å². The molecule has 0 radical (unpaired) electrons. The fraction of sp³-hybridized carbons (Fsp3) is 0.316. The number of nitro benzene ring substituents is 1. The summed E-state index contributed by atoms with van der Waals surface area (Å²) in [7, 11) is 0. The van der Waals surface area contributed by atoms with Crippen LogP contribution in [-0.2, 0) is 10.7 Å². The number of hydrogen-bond acceptors (Lipinski definition) is 5. The number of benzene rings is 2. The number of aliphatic hydroxyl groups is 1. The lowest BCUT2D eigenvalue weighted by atomic mass is 9.90. The van der Waals surface area contributed by atoms with Gasteiger partial charge in [-0.1, -0.05) is 42.8 Å². The van der Waals surface area contributed by atoms with Crippen LogP contribution in [0.15, 0.2) is 36.4 Å². The van der Waals surface area contributed by atoms with E-state index in [9.17, 15) is 20.0 Å². The first kappa shape index (κ1) is 15.8. The molecule has 4 atom stereocenters. The van der Waals surface area contributed by atoms with E-state index in [1.165, 1.54) is 18.2 Å². The number of halogens is 1. The van der Waals surface area contributed by atoms with Crippen LogP contribution in [0.4, 0.5) is 5.69 Å². The van der Waals surface area contributed by atoms with Gasteiger partial charge >= 0.3 is 0 Å². The minimum atomic E-state index is -2.30. The monoisotopic (exact) mass is 371 g/mol. The number of rotatable bonds is 2. The number of Topliss-reactive ketones (excluding diaryl/α,β-unsaturated/α-hetero) is 1. The normalized spacial score (nSPS) is 33.3. The number of hydrogen-bond donors (Lipinski definition) is 1. The number of nitro groups is 1. The van der Waals surface area contributed by atoms with Crippen molar-refractivity contribution in [3.63, 3.8) is 0 Å². The third kappa shape index (κ3) is 1.64. The summed E-state index contributed by atoms with van der Waals surface area (Å²) in [5, 5.41) is 22.7. The first-order chi connectivity index (χ1) is 12.3. The van der Waals surface area contributed by atoms with E-state index < -0.39 is 21.4 Å². The predicted octanol–water partition coefficient (Wildman–Crippen LogP) is 3.59. The highest BCUT2D eigenvalue weighted by atomic mass is 35.5. The predicted molar refractivity (Wildman–Crippen MR) is 92.4 cm³/mol. The molecule has 1 N–H and O–H groups in total. The molecule has 3 aliphatic rings. The molecular formula is C19H14ClNO5. The average Bonchev–Trinajstić information content (AvgIpc) is 3.26. The van der Waals surface area contributed by atoms with Gasteiger partial charge in [-0.25, -0.2) is 0 Å². The summed E-state index contributed by atoms with van der Waals surface area (Å²) in [5.41, 5.74) is 0.846. The largest absolute Gasteiger partial charge is 0.455 e. The van der Waals surface area contributed by atoms with E-state index in [2.05, 4.69) is 6.92 Å². The first-order valence-electron chi connectivity index (χ1n) is 8.36. The number of ketones is 1. The second-order valence-corrected chi connectivity index (χ2v) is 7.83. The van der Waals surface area contributed by atoms with E-state index in [0.29, 0.717) is 23.1 Å². The summed E-state index contributed by atoms with van der Waals surface area (Å²) < 4.78 is 5.76. The Kier molecular flexibility index (Phi) is 2.81. The van der Waals surface area contributed by atoms with Gasteiger partial charge in [-0.2, -0.15) is 0 Å². The van der Waals surface area contributed by atoms with E-state index >= 15 is 0 Å². The van der Waals surface area contributed by atoms with E-state index in [-0.39, 0.29) is 16.8 Å². The van der Waals surface area contributed by atoms with Crippen molar-refractivity contribution >= 4 is 23.1 Å². The van der Waals surface area contributed by atoms with Crippen LogP contribution in [-0.4, -0.2) is 15.8 Å². The molecule has 1 saturated carbocycles. The molecule has 0 bridgehead atoms. The number of fused-ring (bicyclic) bond motifs is 5.